The zero-order chi connectivity index (χ0) is 26.0. The molecular weight excluding hydrogens is 492 g/mol. The van der Waals surface area contributed by atoms with Crippen molar-refractivity contribution in [3.05, 3.63) is 59.7 Å². The average Bonchev–Trinajstić information content (AvgIpc) is 2.83. The summed E-state index contributed by atoms with van der Waals surface area (Å²) >= 11 is 0. The molecule has 0 radical (unpaired) electrons. The minimum Gasteiger partial charge on any atom is -0.378 e. The van der Waals surface area contributed by atoms with E-state index in [1.807, 2.05) is 27.7 Å². The van der Waals surface area contributed by atoms with Crippen LogP contribution in [0.3, 0.4) is 0 Å². The molecule has 0 saturated heterocycles. The van der Waals surface area contributed by atoms with Crippen LogP contribution in [0.2, 0.25) is 0 Å². The Bertz CT molecular complexity index is 1020. The summed E-state index contributed by atoms with van der Waals surface area (Å²) in [7, 11) is -7.65. The third-order valence-electron chi connectivity index (χ3n) is 5.87. The van der Waals surface area contributed by atoms with E-state index in [1.165, 1.54) is 24.3 Å². The van der Waals surface area contributed by atoms with Crippen LogP contribution in [0.4, 0.5) is 0 Å². The van der Waals surface area contributed by atoms with Crippen molar-refractivity contribution in [2.24, 2.45) is 5.41 Å². The van der Waals surface area contributed by atoms with Crippen molar-refractivity contribution in [2.45, 2.75) is 50.3 Å². The smallest absolute Gasteiger partial charge is 0.297 e. The molecule has 0 atom stereocenters. The molecule has 0 aliphatic heterocycles. The lowest BCUT2D eigenvalue weighted by molar-refractivity contribution is -0.0365. The molecule has 2 aromatic rings. The van der Waals surface area contributed by atoms with Gasteiger partial charge in [-0.1, -0.05) is 49.2 Å². The molecule has 2 rings (SSSR count). The van der Waals surface area contributed by atoms with Crippen LogP contribution in [0.15, 0.2) is 58.3 Å². The second kappa shape index (κ2) is 13.5. The van der Waals surface area contributed by atoms with Crippen LogP contribution < -0.4 is 0 Å². The van der Waals surface area contributed by atoms with Crippen molar-refractivity contribution < 1.29 is 34.7 Å². The van der Waals surface area contributed by atoms with E-state index in [1.54, 1.807) is 24.3 Å². The number of hydrogen-bond acceptors (Lipinski definition) is 8. The predicted octanol–water partition coefficient (Wildman–Crippen LogP) is 4.25. The molecule has 0 aliphatic rings. The summed E-state index contributed by atoms with van der Waals surface area (Å²) in [6, 6.07) is 12.9. The molecule has 0 amide bonds. The van der Waals surface area contributed by atoms with Crippen LogP contribution in [-0.4, -0.2) is 56.5 Å². The fourth-order valence-corrected chi connectivity index (χ4v) is 5.01. The summed E-state index contributed by atoms with van der Waals surface area (Å²) in [5.74, 6) is 0. The summed E-state index contributed by atoms with van der Waals surface area (Å²) in [5.41, 5.74) is 1.64. The second-order valence-corrected chi connectivity index (χ2v) is 11.7. The van der Waals surface area contributed by atoms with Crippen molar-refractivity contribution in [1.29, 1.82) is 0 Å². The Kier molecular flexibility index (Phi) is 11.3. The third-order valence-corrected chi connectivity index (χ3v) is 8.52. The predicted molar refractivity (Wildman–Crippen MR) is 133 cm³/mol. The van der Waals surface area contributed by atoms with Gasteiger partial charge >= 0.3 is 0 Å². The van der Waals surface area contributed by atoms with E-state index in [2.05, 4.69) is 0 Å². The molecule has 0 unspecified atom stereocenters. The molecule has 2 aromatic carbocycles. The molecule has 8 nitrogen and oxygen atoms in total. The highest BCUT2D eigenvalue weighted by atomic mass is 32.2. The molecule has 0 aliphatic carbocycles. The molecule has 0 spiro atoms. The molecule has 35 heavy (non-hydrogen) atoms. The van der Waals surface area contributed by atoms with Gasteiger partial charge < -0.3 is 9.47 Å². The Morgan fingerprint density at radius 2 is 0.943 bits per heavy atom. The number of hydrogen-bond donors (Lipinski definition) is 0. The van der Waals surface area contributed by atoms with Gasteiger partial charge in [-0.3, -0.25) is 8.37 Å². The van der Waals surface area contributed by atoms with Gasteiger partial charge in [-0.05, 0) is 51.0 Å². The van der Waals surface area contributed by atoms with Gasteiger partial charge in [0, 0.05) is 5.41 Å². The number of aryl methyl sites for hydroxylation is 2. The summed E-state index contributed by atoms with van der Waals surface area (Å²) in [5, 5.41) is 0. The van der Waals surface area contributed by atoms with Gasteiger partial charge in [0.2, 0.25) is 0 Å². The Balaban J connectivity index is 1.73. The fraction of sp³-hybridized carbons (Fsp3) is 0.520. The van der Waals surface area contributed by atoms with E-state index < -0.39 is 20.2 Å². The van der Waals surface area contributed by atoms with Crippen molar-refractivity contribution >= 4 is 20.2 Å². The SMILES string of the molecule is CCC(CC)(COCCOS(=O)(=O)c1ccc(C)cc1)COCCOS(=O)(=O)c1ccc(C)cc1. The zero-order valence-electron chi connectivity index (χ0n) is 20.9. The first kappa shape index (κ1) is 29.4. The van der Waals surface area contributed by atoms with Gasteiger partial charge in [-0.2, -0.15) is 16.8 Å². The molecule has 196 valence electrons. The summed E-state index contributed by atoms with van der Waals surface area (Å²) in [6.45, 7) is 8.56. The number of benzene rings is 2. The van der Waals surface area contributed by atoms with Crippen molar-refractivity contribution in [2.75, 3.05) is 39.6 Å². The molecule has 0 bridgehead atoms. The van der Waals surface area contributed by atoms with Gasteiger partial charge in [-0.15, -0.1) is 0 Å². The molecule has 0 aromatic heterocycles. The highest BCUT2D eigenvalue weighted by Gasteiger charge is 2.27. The largest absolute Gasteiger partial charge is 0.378 e. The lowest BCUT2D eigenvalue weighted by atomic mass is 9.84. The summed E-state index contributed by atoms with van der Waals surface area (Å²) in [6.07, 6.45) is 1.54. The van der Waals surface area contributed by atoms with Gasteiger partial charge in [0.15, 0.2) is 0 Å². The molecular formula is C25H36O8S2. The first-order chi connectivity index (χ1) is 16.5. The van der Waals surface area contributed by atoms with Crippen LogP contribution in [0.5, 0.6) is 0 Å². The van der Waals surface area contributed by atoms with E-state index in [-0.39, 0.29) is 41.6 Å². The quantitative estimate of drug-likeness (QED) is 0.235. The van der Waals surface area contributed by atoms with E-state index in [0.717, 1.165) is 24.0 Å². The summed E-state index contributed by atoms with van der Waals surface area (Å²) in [4.78, 5) is 0.221. The first-order valence-corrected chi connectivity index (χ1v) is 14.4. The number of ether oxygens (including phenoxy) is 2. The second-order valence-electron chi connectivity index (χ2n) is 8.49. The third kappa shape index (κ3) is 9.29. The Hall–Kier alpha value is -1.82. The maximum atomic E-state index is 12.2. The maximum absolute atomic E-state index is 12.2. The van der Waals surface area contributed by atoms with Crippen LogP contribution >= 0.6 is 0 Å². The number of rotatable bonds is 16. The van der Waals surface area contributed by atoms with Crippen molar-refractivity contribution in [3.8, 4) is 0 Å². The van der Waals surface area contributed by atoms with E-state index in [0.29, 0.717) is 13.2 Å². The van der Waals surface area contributed by atoms with Crippen molar-refractivity contribution in [1.82, 2.24) is 0 Å². The minimum absolute atomic E-state index is 0.0920. The lowest BCUT2D eigenvalue weighted by Crippen LogP contribution is -2.32. The van der Waals surface area contributed by atoms with E-state index in [9.17, 15) is 16.8 Å². The van der Waals surface area contributed by atoms with Crippen LogP contribution in [0.1, 0.15) is 37.8 Å². The molecule has 10 heteroatoms. The maximum Gasteiger partial charge on any atom is 0.297 e. The summed E-state index contributed by atoms with van der Waals surface area (Å²) < 4.78 is 70.5. The molecule has 0 saturated carbocycles. The Morgan fingerprint density at radius 1 is 0.600 bits per heavy atom. The van der Waals surface area contributed by atoms with Crippen molar-refractivity contribution in [3.63, 3.8) is 0 Å². The van der Waals surface area contributed by atoms with Gasteiger partial charge in [0.05, 0.1) is 49.4 Å². The lowest BCUT2D eigenvalue weighted by Gasteiger charge is -2.31. The van der Waals surface area contributed by atoms with Crippen LogP contribution in [-0.2, 0) is 38.1 Å². The first-order valence-electron chi connectivity index (χ1n) is 11.6. The monoisotopic (exact) mass is 528 g/mol. The molecule has 0 N–H and O–H groups in total. The fourth-order valence-electron chi connectivity index (χ4n) is 3.23. The Morgan fingerprint density at radius 3 is 1.26 bits per heavy atom. The molecule has 0 heterocycles. The van der Waals surface area contributed by atoms with Gasteiger partial charge in [0.25, 0.3) is 20.2 Å². The highest BCUT2D eigenvalue weighted by Crippen LogP contribution is 2.27. The average molecular weight is 529 g/mol. The minimum atomic E-state index is -3.83. The molecule has 0 fully saturated rings. The van der Waals surface area contributed by atoms with E-state index in [4.69, 9.17) is 17.8 Å². The Labute approximate surface area is 209 Å². The zero-order valence-corrected chi connectivity index (χ0v) is 22.5. The van der Waals surface area contributed by atoms with Crippen LogP contribution in [0, 0.1) is 19.3 Å². The topological polar surface area (TPSA) is 105 Å². The highest BCUT2D eigenvalue weighted by molar-refractivity contribution is 7.87. The van der Waals surface area contributed by atoms with E-state index >= 15 is 0 Å². The standard InChI is InChI=1S/C25H36O8S2/c1-5-25(6-2,19-30-15-17-32-34(26,27)23-11-7-21(3)8-12-23)20-31-16-18-33-35(28,29)24-13-9-22(4)10-14-24/h7-14H,5-6,15-20H2,1-4H3. The normalized spacial score (nSPS) is 12.7. The van der Waals surface area contributed by atoms with Crippen LogP contribution in [0.25, 0.3) is 0 Å². The van der Waals surface area contributed by atoms with Gasteiger partial charge in [-0.25, -0.2) is 0 Å². The van der Waals surface area contributed by atoms with Gasteiger partial charge in [0.1, 0.15) is 0 Å².